The number of benzene rings is 1. The van der Waals surface area contributed by atoms with Crippen molar-refractivity contribution in [3.63, 3.8) is 0 Å². The normalized spacial score (nSPS) is 17.2. The van der Waals surface area contributed by atoms with Gasteiger partial charge in [0, 0.05) is 24.7 Å². The maximum absolute atomic E-state index is 12.0. The molecule has 0 aromatic heterocycles. The zero-order valence-corrected chi connectivity index (χ0v) is 12.5. The van der Waals surface area contributed by atoms with Gasteiger partial charge in [0.1, 0.15) is 0 Å². The molecule has 1 heterocycles. The first-order valence-electron chi connectivity index (χ1n) is 6.76. The minimum atomic E-state index is -0.252. The highest BCUT2D eigenvalue weighted by Crippen LogP contribution is 2.39. The topological polar surface area (TPSA) is 80.9 Å². The van der Waals surface area contributed by atoms with Gasteiger partial charge in [-0.1, -0.05) is 0 Å². The molecule has 0 bridgehead atoms. The van der Waals surface area contributed by atoms with Crippen LogP contribution in [0.25, 0.3) is 0 Å². The first-order chi connectivity index (χ1) is 10.2. The molecule has 0 saturated carbocycles. The quantitative estimate of drug-likeness (QED) is 0.760. The lowest BCUT2D eigenvalue weighted by molar-refractivity contribution is 0.249. The second-order valence-corrected chi connectivity index (χ2v) is 4.70. The van der Waals surface area contributed by atoms with Crippen molar-refractivity contribution in [3.8, 4) is 17.2 Å². The van der Waals surface area contributed by atoms with E-state index >= 15 is 0 Å². The fourth-order valence-electron chi connectivity index (χ4n) is 2.28. The highest BCUT2D eigenvalue weighted by atomic mass is 16.5. The predicted octanol–water partition coefficient (Wildman–Crippen LogP) is 1.20. The molecule has 2 rings (SSSR count). The molecular weight excluding hydrogens is 274 g/mol. The Hall–Kier alpha value is -2.15. The molecule has 1 atom stereocenters. The molecule has 3 N–H and O–H groups in total. The SMILES string of the molecule is COc1cc(NC(=O)NC2CCNC2)cc(OC)c1OC. The van der Waals surface area contributed by atoms with Crippen LogP contribution >= 0.6 is 0 Å². The van der Waals surface area contributed by atoms with Gasteiger partial charge in [-0.2, -0.15) is 0 Å². The maximum Gasteiger partial charge on any atom is 0.319 e. The standard InChI is InChI=1S/C14H21N3O4/c1-19-11-6-10(7-12(20-2)13(11)21-3)17-14(18)16-9-4-5-15-8-9/h6-7,9,15H,4-5,8H2,1-3H3,(H2,16,17,18). The van der Waals surface area contributed by atoms with Crippen molar-refractivity contribution >= 4 is 11.7 Å². The van der Waals surface area contributed by atoms with Gasteiger partial charge in [-0.25, -0.2) is 4.79 Å². The summed E-state index contributed by atoms with van der Waals surface area (Å²) in [6, 6.07) is 3.28. The van der Waals surface area contributed by atoms with Gasteiger partial charge in [0.2, 0.25) is 5.75 Å². The van der Waals surface area contributed by atoms with Gasteiger partial charge in [0.25, 0.3) is 0 Å². The summed E-state index contributed by atoms with van der Waals surface area (Å²) in [4.78, 5) is 12.0. The maximum atomic E-state index is 12.0. The van der Waals surface area contributed by atoms with Crippen LogP contribution in [0.5, 0.6) is 17.2 Å². The molecule has 1 aliphatic heterocycles. The molecule has 1 aliphatic rings. The van der Waals surface area contributed by atoms with Gasteiger partial charge < -0.3 is 30.2 Å². The molecule has 2 amide bonds. The number of hydrogen-bond acceptors (Lipinski definition) is 5. The Morgan fingerprint density at radius 3 is 2.33 bits per heavy atom. The molecule has 1 aromatic rings. The molecule has 0 radical (unpaired) electrons. The fourth-order valence-corrected chi connectivity index (χ4v) is 2.28. The predicted molar refractivity (Wildman–Crippen MR) is 79.5 cm³/mol. The van der Waals surface area contributed by atoms with E-state index < -0.39 is 0 Å². The molecule has 1 saturated heterocycles. The van der Waals surface area contributed by atoms with Crippen molar-refractivity contribution < 1.29 is 19.0 Å². The van der Waals surface area contributed by atoms with Crippen LogP contribution in [-0.4, -0.2) is 46.5 Å². The average molecular weight is 295 g/mol. The summed E-state index contributed by atoms with van der Waals surface area (Å²) in [5, 5.41) is 8.88. The minimum absolute atomic E-state index is 0.159. The monoisotopic (exact) mass is 295 g/mol. The summed E-state index contributed by atoms with van der Waals surface area (Å²) in [7, 11) is 4.60. The van der Waals surface area contributed by atoms with Crippen LogP contribution in [0.4, 0.5) is 10.5 Å². The number of methoxy groups -OCH3 is 3. The van der Waals surface area contributed by atoms with Gasteiger partial charge in [-0.15, -0.1) is 0 Å². The van der Waals surface area contributed by atoms with Crippen molar-refractivity contribution in [3.05, 3.63) is 12.1 Å². The van der Waals surface area contributed by atoms with Crippen molar-refractivity contribution in [2.24, 2.45) is 0 Å². The second kappa shape index (κ2) is 7.03. The molecule has 116 valence electrons. The molecule has 1 fully saturated rings. The van der Waals surface area contributed by atoms with Crippen LogP contribution < -0.4 is 30.2 Å². The Labute approximate surface area is 123 Å². The third kappa shape index (κ3) is 3.69. The summed E-state index contributed by atoms with van der Waals surface area (Å²) in [5.41, 5.74) is 0.577. The third-order valence-electron chi connectivity index (χ3n) is 3.32. The first kappa shape index (κ1) is 15.2. The van der Waals surface area contributed by atoms with E-state index in [1.54, 1.807) is 12.1 Å². The average Bonchev–Trinajstić information content (AvgIpc) is 2.98. The molecular formula is C14H21N3O4. The van der Waals surface area contributed by atoms with Gasteiger partial charge in [0.05, 0.1) is 27.0 Å². The summed E-state index contributed by atoms with van der Waals surface area (Å²) in [5.74, 6) is 1.48. The summed E-state index contributed by atoms with van der Waals surface area (Å²) >= 11 is 0. The molecule has 1 aromatic carbocycles. The molecule has 0 spiro atoms. The van der Waals surface area contributed by atoms with Crippen molar-refractivity contribution in [2.75, 3.05) is 39.7 Å². The van der Waals surface area contributed by atoms with E-state index in [0.29, 0.717) is 22.9 Å². The zero-order chi connectivity index (χ0) is 15.2. The van der Waals surface area contributed by atoms with E-state index in [1.165, 1.54) is 21.3 Å². The smallest absolute Gasteiger partial charge is 0.319 e. The number of urea groups is 1. The van der Waals surface area contributed by atoms with E-state index in [1.807, 2.05) is 0 Å². The van der Waals surface area contributed by atoms with E-state index in [4.69, 9.17) is 14.2 Å². The van der Waals surface area contributed by atoms with Gasteiger partial charge in [0.15, 0.2) is 11.5 Å². The Morgan fingerprint density at radius 1 is 1.19 bits per heavy atom. The Balaban J connectivity index is 2.09. The van der Waals surface area contributed by atoms with Crippen LogP contribution in [0, 0.1) is 0 Å². The van der Waals surface area contributed by atoms with E-state index in [0.717, 1.165) is 19.5 Å². The minimum Gasteiger partial charge on any atom is -0.493 e. The fraction of sp³-hybridized carbons (Fsp3) is 0.500. The van der Waals surface area contributed by atoms with Gasteiger partial charge in [-0.05, 0) is 13.0 Å². The molecule has 21 heavy (non-hydrogen) atoms. The molecule has 0 aliphatic carbocycles. The number of ether oxygens (including phenoxy) is 3. The highest BCUT2D eigenvalue weighted by molar-refractivity contribution is 5.90. The van der Waals surface area contributed by atoms with Crippen LogP contribution in [0.15, 0.2) is 12.1 Å². The largest absolute Gasteiger partial charge is 0.493 e. The number of amides is 2. The number of carbonyl (C=O) groups is 1. The lowest BCUT2D eigenvalue weighted by Crippen LogP contribution is -2.39. The Kier molecular flexibility index (Phi) is 5.10. The van der Waals surface area contributed by atoms with Crippen molar-refractivity contribution in [2.45, 2.75) is 12.5 Å². The highest BCUT2D eigenvalue weighted by Gasteiger charge is 2.18. The van der Waals surface area contributed by atoms with E-state index in [9.17, 15) is 4.79 Å². The number of nitrogens with one attached hydrogen (secondary N) is 3. The number of rotatable bonds is 5. The van der Waals surface area contributed by atoms with Gasteiger partial charge >= 0.3 is 6.03 Å². The molecule has 7 heteroatoms. The lowest BCUT2D eigenvalue weighted by atomic mass is 10.2. The first-order valence-corrected chi connectivity index (χ1v) is 6.76. The van der Waals surface area contributed by atoms with Crippen LogP contribution in [0.1, 0.15) is 6.42 Å². The second-order valence-electron chi connectivity index (χ2n) is 4.70. The van der Waals surface area contributed by atoms with E-state index in [2.05, 4.69) is 16.0 Å². The van der Waals surface area contributed by atoms with Crippen LogP contribution in [-0.2, 0) is 0 Å². The van der Waals surface area contributed by atoms with Gasteiger partial charge in [-0.3, -0.25) is 0 Å². The summed E-state index contributed by atoms with van der Waals surface area (Å²) in [6.07, 6.45) is 0.933. The zero-order valence-electron chi connectivity index (χ0n) is 12.5. The van der Waals surface area contributed by atoms with E-state index in [-0.39, 0.29) is 12.1 Å². The van der Waals surface area contributed by atoms with Crippen molar-refractivity contribution in [1.82, 2.24) is 10.6 Å². The van der Waals surface area contributed by atoms with Crippen LogP contribution in [0.2, 0.25) is 0 Å². The van der Waals surface area contributed by atoms with Crippen molar-refractivity contribution in [1.29, 1.82) is 0 Å². The number of hydrogen-bond donors (Lipinski definition) is 3. The number of anilines is 1. The van der Waals surface area contributed by atoms with Crippen LogP contribution in [0.3, 0.4) is 0 Å². The third-order valence-corrected chi connectivity index (χ3v) is 3.32. The Morgan fingerprint density at radius 2 is 1.86 bits per heavy atom. The summed E-state index contributed by atoms with van der Waals surface area (Å²) in [6.45, 7) is 1.72. The molecule has 1 unspecified atom stereocenters. The lowest BCUT2D eigenvalue weighted by Gasteiger charge is -2.16. The summed E-state index contributed by atoms with van der Waals surface area (Å²) < 4.78 is 15.7. The molecule has 7 nitrogen and oxygen atoms in total. The number of carbonyl (C=O) groups excluding carboxylic acids is 1. The Bertz CT molecular complexity index is 476.